The third-order valence-electron chi connectivity index (χ3n) is 7.15. The smallest absolute Gasteiger partial charge is 0.309 e. The molecule has 0 fully saturated rings. The van der Waals surface area contributed by atoms with E-state index in [0.717, 1.165) is 64.1 Å². The van der Waals surface area contributed by atoms with Crippen molar-refractivity contribution in [2.75, 3.05) is 6.61 Å². The van der Waals surface area contributed by atoms with Gasteiger partial charge in [0.15, 0.2) is 0 Å². The molecule has 0 spiro atoms. The molecule has 0 radical (unpaired) electrons. The van der Waals surface area contributed by atoms with Gasteiger partial charge in [-0.25, -0.2) is 0 Å². The molecular formula is C31H33N3O4. The molecular weight excluding hydrogens is 478 g/mol. The van der Waals surface area contributed by atoms with Crippen LogP contribution in [-0.4, -0.2) is 32.0 Å². The topological polar surface area (TPSA) is 86.3 Å². The highest BCUT2D eigenvalue weighted by Crippen LogP contribution is 2.37. The lowest BCUT2D eigenvalue weighted by Gasteiger charge is -2.22. The van der Waals surface area contributed by atoms with Crippen LogP contribution in [0.4, 0.5) is 0 Å². The second kappa shape index (κ2) is 10.3. The number of carboxylic acid groups (broad SMARTS) is 1. The number of nitrogens with zero attached hydrogens (tertiary/aromatic N) is 3. The lowest BCUT2D eigenvalue weighted by molar-refractivity contribution is -0.136. The van der Waals surface area contributed by atoms with E-state index < -0.39 is 5.97 Å². The second-order valence-electron chi connectivity index (χ2n) is 10.5. The predicted octanol–water partition coefficient (Wildman–Crippen LogP) is 5.50. The number of aryl methyl sites for hydroxylation is 1. The van der Waals surface area contributed by atoms with Gasteiger partial charge in [0.25, 0.3) is 5.56 Å². The molecule has 2 aromatic heterocycles. The molecule has 0 saturated carbocycles. The second-order valence-corrected chi connectivity index (χ2v) is 10.5. The first-order chi connectivity index (χ1) is 18.2. The SMILES string of the molecule is Cc1c(-c2ccc3c(c2)CCCO3)c(CC(=O)O)n(C)c(=O)c1-c1cccc(-c2cnn(CC(C)C)c2)c1. The van der Waals surface area contributed by atoms with Gasteiger partial charge in [-0.15, -0.1) is 0 Å². The normalized spacial score (nSPS) is 12.9. The lowest BCUT2D eigenvalue weighted by atomic mass is 9.89. The lowest BCUT2D eigenvalue weighted by Crippen LogP contribution is -2.26. The Morgan fingerprint density at radius 1 is 1.08 bits per heavy atom. The number of carboxylic acids is 1. The van der Waals surface area contributed by atoms with Crippen LogP contribution < -0.4 is 10.3 Å². The van der Waals surface area contributed by atoms with Crippen molar-refractivity contribution in [1.29, 1.82) is 0 Å². The van der Waals surface area contributed by atoms with Crippen LogP contribution in [0.25, 0.3) is 33.4 Å². The van der Waals surface area contributed by atoms with E-state index in [1.165, 1.54) is 4.57 Å². The first kappa shape index (κ1) is 25.5. The summed E-state index contributed by atoms with van der Waals surface area (Å²) >= 11 is 0. The van der Waals surface area contributed by atoms with E-state index in [4.69, 9.17) is 4.74 Å². The van der Waals surface area contributed by atoms with Gasteiger partial charge in [-0.2, -0.15) is 5.10 Å². The van der Waals surface area contributed by atoms with E-state index in [1.807, 2.05) is 60.4 Å². The van der Waals surface area contributed by atoms with Gasteiger partial charge in [-0.3, -0.25) is 14.3 Å². The number of benzene rings is 2. The van der Waals surface area contributed by atoms with E-state index in [9.17, 15) is 14.7 Å². The molecule has 0 bridgehead atoms. The maximum atomic E-state index is 13.7. The van der Waals surface area contributed by atoms with Crippen LogP contribution in [0.1, 0.15) is 37.1 Å². The van der Waals surface area contributed by atoms with Crippen LogP contribution in [0.2, 0.25) is 0 Å². The summed E-state index contributed by atoms with van der Waals surface area (Å²) in [5, 5.41) is 14.2. The molecule has 4 aromatic rings. The highest BCUT2D eigenvalue weighted by molar-refractivity contribution is 5.84. The van der Waals surface area contributed by atoms with E-state index in [-0.39, 0.29) is 12.0 Å². The van der Waals surface area contributed by atoms with Gasteiger partial charge < -0.3 is 14.4 Å². The van der Waals surface area contributed by atoms with Crippen LogP contribution in [-0.2, 0) is 31.2 Å². The number of carbonyl (C=O) groups is 1. The molecule has 1 aliphatic heterocycles. The summed E-state index contributed by atoms with van der Waals surface area (Å²) in [4.78, 5) is 25.6. The van der Waals surface area contributed by atoms with Gasteiger partial charge in [0.05, 0.1) is 24.8 Å². The van der Waals surface area contributed by atoms with Gasteiger partial charge in [0, 0.05) is 36.6 Å². The molecule has 196 valence electrons. The Bertz CT molecular complexity index is 1580. The molecule has 0 aliphatic carbocycles. The fraction of sp³-hybridized carbons (Fsp3) is 0.323. The largest absolute Gasteiger partial charge is 0.493 e. The van der Waals surface area contributed by atoms with Crippen molar-refractivity contribution < 1.29 is 14.6 Å². The van der Waals surface area contributed by atoms with Crippen molar-refractivity contribution in [2.45, 2.75) is 46.6 Å². The fourth-order valence-electron chi connectivity index (χ4n) is 5.39. The Morgan fingerprint density at radius 2 is 1.84 bits per heavy atom. The van der Waals surface area contributed by atoms with Crippen molar-refractivity contribution in [3.8, 4) is 39.1 Å². The molecule has 7 heteroatoms. The quantitative estimate of drug-likeness (QED) is 0.354. The predicted molar refractivity (Wildman–Crippen MR) is 149 cm³/mol. The van der Waals surface area contributed by atoms with Gasteiger partial charge in [0.2, 0.25) is 0 Å². The Morgan fingerprint density at radius 3 is 2.61 bits per heavy atom. The average Bonchev–Trinajstić information content (AvgIpc) is 3.35. The van der Waals surface area contributed by atoms with Crippen molar-refractivity contribution in [3.05, 3.63) is 82.0 Å². The maximum Gasteiger partial charge on any atom is 0.309 e. The standard InChI is InChI=1S/C31H33N3O4/c1-19(2)17-34-18-25(16-32-34)21-7-5-8-23(13-21)30-20(3)29(26(15-28(35)36)33(4)31(30)37)24-10-11-27-22(14-24)9-6-12-38-27/h5,7-8,10-11,13-14,16,18-19H,6,9,12,15,17H2,1-4H3,(H,35,36). The van der Waals surface area contributed by atoms with Crippen LogP contribution in [0.3, 0.4) is 0 Å². The highest BCUT2D eigenvalue weighted by atomic mass is 16.5. The van der Waals surface area contributed by atoms with E-state index in [1.54, 1.807) is 7.05 Å². The number of aliphatic carboxylic acids is 1. The third-order valence-corrected chi connectivity index (χ3v) is 7.15. The summed E-state index contributed by atoms with van der Waals surface area (Å²) in [6.07, 6.45) is 5.48. The number of rotatable bonds is 7. The van der Waals surface area contributed by atoms with Crippen LogP contribution in [0.15, 0.2) is 59.7 Å². The Balaban J connectivity index is 1.67. The highest BCUT2D eigenvalue weighted by Gasteiger charge is 2.23. The Labute approximate surface area is 222 Å². The van der Waals surface area contributed by atoms with E-state index >= 15 is 0 Å². The first-order valence-electron chi connectivity index (χ1n) is 13.1. The number of fused-ring (bicyclic) bond motifs is 1. The molecule has 0 amide bonds. The van der Waals surface area contributed by atoms with Gasteiger partial charge in [0.1, 0.15) is 5.75 Å². The van der Waals surface area contributed by atoms with Crippen molar-refractivity contribution in [2.24, 2.45) is 13.0 Å². The zero-order valence-corrected chi connectivity index (χ0v) is 22.3. The molecule has 3 heterocycles. The number of hydrogen-bond donors (Lipinski definition) is 1. The number of hydrogen-bond acceptors (Lipinski definition) is 4. The Hall–Kier alpha value is -4.13. The molecule has 0 saturated heterocycles. The Kier molecular flexibility index (Phi) is 6.93. The summed E-state index contributed by atoms with van der Waals surface area (Å²) in [7, 11) is 1.66. The first-order valence-corrected chi connectivity index (χ1v) is 13.1. The molecule has 38 heavy (non-hydrogen) atoms. The minimum absolute atomic E-state index is 0.212. The van der Waals surface area contributed by atoms with Gasteiger partial charge in [-0.1, -0.05) is 38.1 Å². The summed E-state index contributed by atoms with van der Waals surface area (Å²) in [6, 6.07) is 13.9. The molecule has 2 aromatic carbocycles. The molecule has 0 unspecified atom stereocenters. The monoisotopic (exact) mass is 511 g/mol. The summed E-state index contributed by atoms with van der Waals surface area (Å²) < 4.78 is 9.23. The van der Waals surface area contributed by atoms with Crippen molar-refractivity contribution in [3.63, 3.8) is 0 Å². The molecule has 0 atom stereocenters. The molecule has 5 rings (SSSR count). The van der Waals surface area contributed by atoms with Gasteiger partial charge in [-0.05, 0) is 71.7 Å². The summed E-state index contributed by atoms with van der Waals surface area (Å²) in [6.45, 7) is 7.76. The minimum Gasteiger partial charge on any atom is -0.493 e. The molecule has 7 nitrogen and oxygen atoms in total. The average molecular weight is 512 g/mol. The molecule has 1 aliphatic rings. The van der Waals surface area contributed by atoms with E-state index in [2.05, 4.69) is 25.0 Å². The zero-order valence-electron chi connectivity index (χ0n) is 22.3. The number of aromatic nitrogens is 3. The summed E-state index contributed by atoms with van der Waals surface area (Å²) in [5.41, 5.74) is 7.16. The van der Waals surface area contributed by atoms with E-state index in [0.29, 0.717) is 23.8 Å². The number of ether oxygens (including phenoxy) is 1. The number of pyridine rings is 1. The van der Waals surface area contributed by atoms with Crippen molar-refractivity contribution in [1.82, 2.24) is 14.3 Å². The van der Waals surface area contributed by atoms with Gasteiger partial charge >= 0.3 is 5.97 Å². The van der Waals surface area contributed by atoms with Crippen LogP contribution in [0.5, 0.6) is 5.75 Å². The van der Waals surface area contributed by atoms with Crippen LogP contribution in [0, 0.1) is 12.8 Å². The molecule has 1 N–H and O–H groups in total. The van der Waals surface area contributed by atoms with Crippen LogP contribution >= 0.6 is 0 Å². The third kappa shape index (κ3) is 4.88. The minimum atomic E-state index is -0.977. The maximum absolute atomic E-state index is 13.7. The summed E-state index contributed by atoms with van der Waals surface area (Å²) in [5.74, 6) is 0.376. The van der Waals surface area contributed by atoms with Crippen molar-refractivity contribution >= 4 is 5.97 Å². The zero-order chi connectivity index (χ0) is 27.0. The fourth-order valence-corrected chi connectivity index (χ4v) is 5.39.